The number of hydrogen-bond acceptors (Lipinski definition) is 5. The number of nitrogens with one attached hydrogen (secondary N) is 1. The van der Waals surface area contributed by atoms with Crippen LogP contribution in [0.1, 0.15) is 10.4 Å². The molecule has 0 aliphatic carbocycles. The monoisotopic (exact) mass is 222 g/mol. The second kappa shape index (κ2) is 4.40. The molecule has 1 aromatic rings. The van der Waals surface area contributed by atoms with Gasteiger partial charge in [0.25, 0.3) is 0 Å². The summed E-state index contributed by atoms with van der Waals surface area (Å²) in [5.74, 6) is 0.191. The van der Waals surface area contributed by atoms with E-state index in [9.17, 15) is 4.79 Å². The standard InChI is InChI=1S/C11H14N2O3/c1-15-11(14)9-4-7(2-3-10(9)12)16-8-5-13-6-8/h2-4,8,13H,5-6,12H2,1H3. The quantitative estimate of drug-likeness (QED) is 0.572. The molecule has 1 heterocycles. The van der Waals surface area contributed by atoms with Gasteiger partial charge in [0, 0.05) is 18.8 Å². The van der Waals surface area contributed by atoms with Crippen LogP contribution in [0.5, 0.6) is 5.75 Å². The fraction of sp³-hybridized carbons (Fsp3) is 0.364. The fourth-order valence-electron chi connectivity index (χ4n) is 1.43. The molecule has 86 valence electrons. The molecule has 0 bridgehead atoms. The summed E-state index contributed by atoms with van der Waals surface area (Å²) in [6.07, 6.45) is 0.175. The smallest absolute Gasteiger partial charge is 0.340 e. The number of carbonyl (C=O) groups is 1. The van der Waals surface area contributed by atoms with Gasteiger partial charge in [0.1, 0.15) is 11.9 Å². The maximum Gasteiger partial charge on any atom is 0.340 e. The van der Waals surface area contributed by atoms with Crippen molar-refractivity contribution in [2.75, 3.05) is 25.9 Å². The summed E-state index contributed by atoms with van der Waals surface area (Å²) in [5, 5.41) is 3.10. The SMILES string of the molecule is COC(=O)c1cc(OC2CNC2)ccc1N. The van der Waals surface area contributed by atoms with Crippen molar-refractivity contribution in [1.82, 2.24) is 5.32 Å². The number of esters is 1. The van der Waals surface area contributed by atoms with Gasteiger partial charge < -0.3 is 20.5 Å². The summed E-state index contributed by atoms with van der Waals surface area (Å²) in [4.78, 5) is 11.4. The number of rotatable bonds is 3. The van der Waals surface area contributed by atoms with E-state index in [2.05, 4.69) is 10.1 Å². The van der Waals surface area contributed by atoms with E-state index in [0.29, 0.717) is 17.0 Å². The summed E-state index contributed by atoms with van der Waals surface area (Å²) in [6, 6.07) is 5.01. The van der Waals surface area contributed by atoms with Gasteiger partial charge in [-0.2, -0.15) is 0 Å². The van der Waals surface area contributed by atoms with Gasteiger partial charge in [0.2, 0.25) is 0 Å². The van der Waals surface area contributed by atoms with Crippen molar-refractivity contribution in [1.29, 1.82) is 0 Å². The van der Waals surface area contributed by atoms with Gasteiger partial charge in [-0.15, -0.1) is 0 Å². The lowest BCUT2D eigenvalue weighted by molar-refractivity contribution is 0.0600. The second-order valence-corrected chi connectivity index (χ2v) is 3.64. The van der Waals surface area contributed by atoms with E-state index in [-0.39, 0.29) is 6.10 Å². The largest absolute Gasteiger partial charge is 0.488 e. The van der Waals surface area contributed by atoms with Gasteiger partial charge in [-0.1, -0.05) is 0 Å². The zero-order valence-corrected chi connectivity index (χ0v) is 9.03. The third-order valence-corrected chi connectivity index (χ3v) is 2.48. The first-order valence-corrected chi connectivity index (χ1v) is 5.06. The van der Waals surface area contributed by atoms with Gasteiger partial charge in [-0.3, -0.25) is 0 Å². The topological polar surface area (TPSA) is 73.6 Å². The van der Waals surface area contributed by atoms with Crippen LogP contribution in [0.25, 0.3) is 0 Å². The Kier molecular flexibility index (Phi) is 2.96. The van der Waals surface area contributed by atoms with Crippen LogP contribution in [0.15, 0.2) is 18.2 Å². The molecule has 5 nitrogen and oxygen atoms in total. The number of nitrogen functional groups attached to an aromatic ring is 1. The summed E-state index contributed by atoms with van der Waals surface area (Å²) in [6.45, 7) is 1.66. The van der Waals surface area contributed by atoms with Crippen LogP contribution in [0.3, 0.4) is 0 Å². The van der Waals surface area contributed by atoms with Crippen molar-refractivity contribution in [3.8, 4) is 5.75 Å². The molecule has 1 aromatic carbocycles. The second-order valence-electron chi connectivity index (χ2n) is 3.64. The molecule has 0 unspecified atom stereocenters. The van der Waals surface area contributed by atoms with Crippen molar-refractivity contribution in [2.24, 2.45) is 0 Å². The first-order valence-electron chi connectivity index (χ1n) is 5.06. The van der Waals surface area contributed by atoms with Gasteiger partial charge in [-0.25, -0.2) is 4.79 Å². The number of ether oxygens (including phenoxy) is 2. The molecule has 0 amide bonds. The minimum Gasteiger partial charge on any atom is -0.488 e. The lowest BCUT2D eigenvalue weighted by Gasteiger charge is -2.28. The molecule has 5 heteroatoms. The van der Waals surface area contributed by atoms with Gasteiger partial charge in [-0.05, 0) is 18.2 Å². The predicted octanol–water partition coefficient (Wildman–Crippen LogP) is 0.406. The van der Waals surface area contributed by atoms with E-state index < -0.39 is 5.97 Å². The van der Waals surface area contributed by atoms with Crippen molar-refractivity contribution < 1.29 is 14.3 Å². The van der Waals surface area contributed by atoms with Crippen molar-refractivity contribution in [3.63, 3.8) is 0 Å². The molecule has 2 rings (SSSR count). The third-order valence-electron chi connectivity index (χ3n) is 2.48. The number of methoxy groups -OCH3 is 1. The van der Waals surface area contributed by atoms with Crippen molar-refractivity contribution in [3.05, 3.63) is 23.8 Å². The molecular weight excluding hydrogens is 208 g/mol. The van der Waals surface area contributed by atoms with E-state index in [1.165, 1.54) is 7.11 Å². The molecule has 1 aliphatic rings. The van der Waals surface area contributed by atoms with E-state index in [1.807, 2.05) is 0 Å². The molecule has 1 fully saturated rings. The number of anilines is 1. The van der Waals surface area contributed by atoms with Crippen LogP contribution in [-0.2, 0) is 4.74 Å². The molecule has 0 saturated carbocycles. The number of hydrogen-bond donors (Lipinski definition) is 2. The summed E-state index contributed by atoms with van der Waals surface area (Å²) in [7, 11) is 1.32. The Morgan fingerprint density at radius 2 is 2.25 bits per heavy atom. The fourth-order valence-corrected chi connectivity index (χ4v) is 1.43. The Labute approximate surface area is 93.5 Å². The summed E-state index contributed by atoms with van der Waals surface area (Å²) < 4.78 is 10.2. The van der Waals surface area contributed by atoms with Crippen LogP contribution < -0.4 is 15.8 Å². The highest BCUT2D eigenvalue weighted by molar-refractivity contribution is 5.95. The number of nitrogens with two attached hydrogens (primary N) is 1. The average molecular weight is 222 g/mol. The zero-order valence-electron chi connectivity index (χ0n) is 9.03. The highest BCUT2D eigenvalue weighted by atomic mass is 16.5. The third kappa shape index (κ3) is 2.09. The maximum absolute atomic E-state index is 11.4. The van der Waals surface area contributed by atoms with Crippen LogP contribution in [0.4, 0.5) is 5.69 Å². The number of carbonyl (C=O) groups excluding carboxylic acids is 1. The van der Waals surface area contributed by atoms with Crippen LogP contribution in [0, 0.1) is 0 Å². The first-order chi connectivity index (χ1) is 7.70. The van der Waals surface area contributed by atoms with Gasteiger partial charge in [0.05, 0.1) is 12.7 Å². The van der Waals surface area contributed by atoms with Crippen LogP contribution >= 0.6 is 0 Å². The molecule has 1 saturated heterocycles. The van der Waals surface area contributed by atoms with E-state index in [4.69, 9.17) is 10.5 Å². The summed E-state index contributed by atoms with van der Waals surface area (Å²) in [5.41, 5.74) is 6.41. The summed E-state index contributed by atoms with van der Waals surface area (Å²) >= 11 is 0. The molecule has 3 N–H and O–H groups in total. The molecule has 0 aromatic heterocycles. The molecule has 1 aliphatic heterocycles. The van der Waals surface area contributed by atoms with E-state index in [1.54, 1.807) is 18.2 Å². The predicted molar refractivity (Wildman–Crippen MR) is 59.5 cm³/mol. The zero-order chi connectivity index (χ0) is 11.5. The van der Waals surface area contributed by atoms with Crippen molar-refractivity contribution in [2.45, 2.75) is 6.10 Å². The van der Waals surface area contributed by atoms with Crippen molar-refractivity contribution >= 4 is 11.7 Å². The Balaban J connectivity index is 2.17. The van der Waals surface area contributed by atoms with Crippen LogP contribution in [-0.4, -0.2) is 32.3 Å². The minimum atomic E-state index is -0.449. The normalized spacial score (nSPS) is 15.3. The molecule has 0 radical (unpaired) electrons. The molecular formula is C11H14N2O3. The molecule has 0 atom stereocenters. The van der Waals surface area contributed by atoms with Crippen LogP contribution in [0.2, 0.25) is 0 Å². The van der Waals surface area contributed by atoms with Gasteiger partial charge >= 0.3 is 5.97 Å². The van der Waals surface area contributed by atoms with Gasteiger partial charge in [0.15, 0.2) is 0 Å². The van der Waals surface area contributed by atoms with E-state index in [0.717, 1.165) is 13.1 Å². The highest BCUT2D eigenvalue weighted by Gasteiger charge is 2.19. The Bertz CT molecular complexity index is 402. The lowest BCUT2D eigenvalue weighted by atomic mass is 10.1. The Hall–Kier alpha value is -1.75. The maximum atomic E-state index is 11.4. The Morgan fingerprint density at radius 1 is 1.50 bits per heavy atom. The number of benzene rings is 1. The molecule has 16 heavy (non-hydrogen) atoms. The average Bonchev–Trinajstić information content (AvgIpc) is 2.24. The highest BCUT2D eigenvalue weighted by Crippen LogP contribution is 2.22. The lowest BCUT2D eigenvalue weighted by Crippen LogP contribution is -2.50. The first kappa shape index (κ1) is 10.8. The Morgan fingerprint density at radius 3 is 2.81 bits per heavy atom. The molecule has 0 spiro atoms. The van der Waals surface area contributed by atoms with E-state index >= 15 is 0 Å². The minimum absolute atomic E-state index is 0.175.